The molecular formula is C29H34N2O3. The highest BCUT2D eigenvalue weighted by Crippen LogP contribution is 2.26. The van der Waals surface area contributed by atoms with Crippen molar-refractivity contribution in [2.24, 2.45) is 0 Å². The van der Waals surface area contributed by atoms with Crippen LogP contribution in [0.25, 0.3) is 11.1 Å². The topological polar surface area (TPSA) is 78.4 Å². The lowest BCUT2D eigenvalue weighted by molar-refractivity contribution is -0.136. The van der Waals surface area contributed by atoms with E-state index < -0.39 is 5.97 Å². The quantitative estimate of drug-likeness (QED) is 0.373. The first-order chi connectivity index (χ1) is 16.1. The molecule has 3 aromatic rings. The smallest absolute Gasteiger partial charge is 0.305 e. The van der Waals surface area contributed by atoms with Gasteiger partial charge in [-0.2, -0.15) is 0 Å². The van der Waals surface area contributed by atoms with Crippen LogP contribution in [0.4, 0.5) is 5.69 Å². The molecule has 1 amide bonds. The third kappa shape index (κ3) is 7.20. The molecule has 0 unspecified atom stereocenters. The number of rotatable bonds is 9. The molecule has 0 aliphatic heterocycles. The van der Waals surface area contributed by atoms with Gasteiger partial charge in [-0.05, 0) is 65.3 Å². The van der Waals surface area contributed by atoms with Gasteiger partial charge >= 0.3 is 5.97 Å². The van der Waals surface area contributed by atoms with Gasteiger partial charge in [-0.25, -0.2) is 0 Å². The Morgan fingerprint density at radius 2 is 1.41 bits per heavy atom. The minimum absolute atomic E-state index is 0.0899. The molecule has 178 valence electrons. The van der Waals surface area contributed by atoms with E-state index in [0.29, 0.717) is 5.56 Å². The summed E-state index contributed by atoms with van der Waals surface area (Å²) in [4.78, 5) is 22.6. The van der Waals surface area contributed by atoms with E-state index in [2.05, 4.69) is 86.9 Å². The molecule has 0 fully saturated rings. The summed E-state index contributed by atoms with van der Waals surface area (Å²) in [6.07, 6.45) is 0.786. The second kappa shape index (κ2) is 11.0. The van der Waals surface area contributed by atoms with Crippen LogP contribution in [0.2, 0.25) is 0 Å². The van der Waals surface area contributed by atoms with Gasteiger partial charge in [0.15, 0.2) is 0 Å². The Morgan fingerprint density at radius 3 is 1.94 bits per heavy atom. The number of carbonyl (C=O) groups excluding carboxylic acids is 1. The van der Waals surface area contributed by atoms with Crippen molar-refractivity contribution < 1.29 is 14.7 Å². The zero-order chi connectivity index (χ0) is 24.7. The summed E-state index contributed by atoms with van der Waals surface area (Å²) in [5, 5.41) is 14.7. The zero-order valence-corrected chi connectivity index (χ0v) is 20.4. The fraction of sp³-hybridized carbons (Fsp3) is 0.310. The van der Waals surface area contributed by atoms with Crippen LogP contribution in [0.3, 0.4) is 0 Å². The molecule has 0 spiro atoms. The molecule has 0 radical (unpaired) electrons. The third-order valence-electron chi connectivity index (χ3n) is 5.76. The second-order valence-corrected chi connectivity index (χ2v) is 9.75. The van der Waals surface area contributed by atoms with Crippen molar-refractivity contribution in [1.29, 1.82) is 0 Å². The summed E-state index contributed by atoms with van der Waals surface area (Å²) in [7, 11) is 0. The average Bonchev–Trinajstić information content (AvgIpc) is 2.79. The first kappa shape index (κ1) is 25.0. The summed E-state index contributed by atoms with van der Waals surface area (Å²) in [5.74, 6) is -1.20. The maximum absolute atomic E-state index is 12.1. The minimum atomic E-state index is -0.932. The summed E-state index contributed by atoms with van der Waals surface area (Å²) >= 11 is 0. The van der Waals surface area contributed by atoms with Crippen LogP contribution in [-0.2, 0) is 16.6 Å². The molecule has 5 heteroatoms. The summed E-state index contributed by atoms with van der Waals surface area (Å²) in [6.45, 7) is 8.92. The van der Waals surface area contributed by atoms with Crippen LogP contribution >= 0.6 is 0 Å². The van der Waals surface area contributed by atoms with Gasteiger partial charge in [0, 0.05) is 23.8 Å². The number of benzene rings is 3. The lowest BCUT2D eigenvalue weighted by Gasteiger charge is -2.19. The molecule has 0 aromatic heterocycles. The molecule has 0 aliphatic rings. The van der Waals surface area contributed by atoms with Crippen molar-refractivity contribution >= 4 is 17.6 Å². The van der Waals surface area contributed by atoms with E-state index >= 15 is 0 Å². The van der Waals surface area contributed by atoms with Crippen LogP contribution in [0.1, 0.15) is 55.6 Å². The Hall–Kier alpha value is -3.60. The van der Waals surface area contributed by atoms with Crippen molar-refractivity contribution in [3.05, 3.63) is 89.5 Å². The van der Waals surface area contributed by atoms with E-state index in [1.165, 1.54) is 22.3 Å². The number of carbonyl (C=O) groups is 2. The SMILES string of the molecule is C[C@@H](Cc1ccc(-c2ccc(C(C)(C)C)cc2)cc1)Nc1ccc(C(=O)NCCC(=O)O)cc1. The monoisotopic (exact) mass is 458 g/mol. The van der Waals surface area contributed by atoms with E-state index in [9.17, 15) is 9.59 Å². The maximum Gasteiger partial charge on any atom is 0.305 e. The summed E-state index contributed by atoms with van der Waals surface area (Å²) < 4.78 is 0. The molecule has 3 rings (SSSR count). The molecule has 0 bridgehead atoms. The Balaban J connectivity index is 1.53. The molecule has 0 saturated heterocycles. The number of carboxylic acids is 1. The number of nitrogens with one attached hydrogen (secondary N) is 2. The largest absolute Gasteiger partial charge is 0.481 e. The number of hydrogen-bond donors (Lipinski definition) is 3. The van der Waals surface area contributed by atoms with Crippen molar-refractivity contribution in [1.82, 2.24) is 5.32 Å². The zero-order valence-electron chi connectivity index (χ0n) is 20.4. The highest BCUT2D eigenvalue weighted by Gasteiger charge is 2.13. The Kier molecular flexibility index (Phi) is 8.11. The average molecular weight is 459 g/mol. The molecule has 5 nitrogen and oxygen atoms in total. The molecule has 34 heavy (non-hydrogen) atoms. The first-order valence-electron chi connectivity index (χ1n) is 11.7. The van der Waals surface area contributed by atoms with Gasteiger partial charge in [0.25, 0.3) is 5.91 Å². The number of aliphatic carboxylic acids is 1. The van der Waals surface area contributed by atoms with Gasteiger partial charge < -0.3 is 15.7 Å². The number of carboxylic acid groups (broad SMARTS) is 1. The van der Waals surface area contributed by atoms with Gasteiger partial charge in [-0.1, -0.05) is 69.3 Å². The maximum atomic E-state index is 12.1. The second-order valence-electron chi connectivity index (χ2n) is 9.75. The standard InChI is InChI=1S/C29H34N2O3/c1-20(31-26-15-11-24(12-16-26)28(34)30-18-17-27(32)33)19-21-5-7-22(8-6-21)23-9-13-25(14-10-23)29(2,3)4/h5-16,20,31H,17-19H2,1-4H3,(H,30,34)(H,32,33)/t20-/m0/s1. The van der Waals surface area contributed by atoms with E-state index in [-0.39, 0.29) is 30.3 Å². The van der Waals surface area contributed by atoms with E-state index in [4.69, 9.17) is 5.11 Å². The predicted octanol–water partition coefficient (Wildman–Crippen LogP) is 5.90. The van der Waals surface area contributed by atoms with Crippen molar-refractivity contribution in [2.45, 2.75) is 52.0 Å². The van der Waals surface area contributed by atoms with Crippen molar-refractivity contribution in [3.63, 3.8) is 0 Å². The summed E-state index contributed by atoms with van der Waals surface area (Å²) in [6, 6.07) is 24.9. The Morgan fingerprint density at radius 1 is 0.853 bits per heavy atom. The lowest BCUT2D eigenvalue weighted by Crippen LogP contribution is -2.26. The molecule has 3 N–H and O–H groups in total. The minimum Gasteiger partial charge on any atom is -0.481 e. The number of amides is 1. The van der Waals surface area contributed by atoms with Gasteiger partial charge in [0.05, 0.1) is 6.42 Å². The van der Waals surface area contributed by atoms with Crippen LogP contribution in [0.15, 0.2) is 72.8 Å². The summed E-state index contributed by atoms with van der Waals surface area (Å²) in [5.41, 5.74) is 6.61. The van der Waals surface area contributed by atoms with E-state index in [1.807, 2.05) is 12.1 Å². The van der Waals surface area contributed by atoms with Gasteiger partial charge in [0.1, 0.15) is 0 Å². The number of anilines is 1. The van der Waals surface area contributed by atoms with Crippen molar-refractivity contribution in [2.75, 3.05) is 11.9 Å². The van der Waals surface area contributed by atoms with E-state index in [1.54, 1.807) is 12.1 Å². The fourth-order valence-electron chi connectivity index (χ4n) is 3.79. The lowest BCUT2D eigenvalue weighted by atomic mass is 9.86. The van der Waals surface area contributed by atoms with Gasteiger partial charge in [-0.3, -0.25) is 9.59 Å². The fourth-order valence-corrected chi connectivity index (χ4v) is 3.79. The molecular weight excluding hydrogens is 424 g/mol. The first-order valence-corrected chi connectivity index (χ1v) is 11.7. The van der Waals surface area contributed by atoms with Crippen molar-refractivity contribution in [3.8, 4) is 11.1 Å². The highest BCUT2D eigenvalue weighted by atomic mass is 16.4. The Bertz CT molecular complexity index is 1100. The molecule has 0 aliphatic carbocycles. The third-order valence-corrected chi connectivity index (χ3v) is 5.76. The van der Waals surface area contributed by atoms with E-state index in [0.717, 1.165) is 12.1 Å². The van der Waals surface area contributed by atoms with Crippen LogP contribution < -0.4 is 10.6 Å². The predicted molar refractivity (Wildman–Crippen MR) is 138 cm³/mol. The molecule has 0 saturated carbocycles. The molecule has 0 heterocycles. The van der Waals surface area contributed by atoms with Gasteiger partial charge in [-0.15, -0.1) is 0 Å². The molecule has 3 aromatic carbocycles. The molecule has 1 atom stereocenters. The van der Waals surface area contributed by atoms with Crippen LogP contribution in [0.5, 0.6) is 0 Å². The van der Waals surface area contributed by atoms with Crippen LogP contribution in [-0.4, -0.2) is 29.6 Å². The van der Waals surface area contributed by atoms with Crippen LogP contribution in [0, 0.1) is 0 Å². The van der Waals surface area contributed by atoms with Gasteiger partial charge in [0.2, 0.25) is 0 Å². The Labute approximate surface area is 202 Å². The number of hydrogen-bond acceptors (Lipinski definition) is 3. The normalized spacial score (nSPS) is 12.1. The highest BCUT2D eigenvalue weighted by molar-refractivity contribution is 5.94.